The summed E-state index contributed by atoms with van der Waals surface area (Å²) in [6.07, 6.45) is -1.82. The first-order valence-electron chi connectivity index (χ1n) is 6.51. The monoisotopic (exact) mass is 295 g/mol. The quantitative estimate of drug-likeness (QED) is 0.866. The van der Waals surface area contributed by atoms with Gasteiger partial charge in [0, 0.05) is 18.3 Å². The first-order valence-corrected chi connectivity index (χ1v) is 6.51. The number of carbonyl (C=O) groups is 2. The van der Waals surface area contributed by atoms with Crippen molar-refractivity contribution in [3.63, 3.8) is 0 Å². The van der Waals surface area contributed by atoms with Gasteiger partial charge in [-0.2, -0.15) is 0 Å². The van der Waals surface area contributed by atoms with E-state index in [0.717, 1.165) is 11.1 Å². The van der Waals surface area contributed by atoms with Gasteiger partial charge in [0.15, 0.2) is 0 Å². The van der Waals surface area contributed by atoms with E-state index in [2.05, 4.69) is 4.98 Å². The predicted octanol–water partition coefficient (Wildman–Crippen LogP) is 2.18. The molecule has 1 aromatic rings. The van der Waals surface area contributed by atoms with Crippen LogP contribution in [0.4, 0.5) is 9.59 Å². The number of aryl methyl sites for hydroxylation is 2. The van der Waals surface area contributed by atoms with E-state index >= 15 is 0 Å². The molecule has 1 rings (SSSR count). The molecule has 116 valence electrons. The highest BCUT2D eigenvalue weighted by Crippen LogP contribution is 2.17. The molecule has 0 bridgehead atoms. The maximum Gasteiger partial charge on any atom is 0.423 e. The predicted molar refractivity (Wildman–Crippen MR) is 77.0 cm³/mol. The molecule has 0 fully saturated rings. The van der Waals surface area contributed by atoms with Crippen molar-refractivity contribution in [2.45, 2.75) is 46.8 Å². The van der Waals surface area contributed by atoms with Crippen LogP contribution in [0, 0.1) is 13.8 Å². The minimum Gasteiger partial charge on any atom is -0.443 e. The van der Waals surface area contributed by atoms with Crippen molar-refractivity contribution >= 4 is 12.2 Å². The van der Waals surface area contributed by atoms with Crippen LogP contribution in [0.15, 0.2) is 6.07 Å². The Morgan fingerprint density at radius 2 is 1.90 bits per heavy atom. The van der Waals surface area contributed by atoms with Crippen molar-refractivity contribution in [3.8, 4) is 5.88 Å². The standard InChI is InChI=1S/C14H21N3O4/c1-8-6-11(16-9(2)10(8)7-15)20-12(18)17-13(19)21-14(3,4)5/h6H,7,15H2,1-5H3,(H,17,18,19). The lowest BCUT2D eigenvalue weighted by molar-refractivity contribution is 0.0533. The van der Waals surface area contributed by atoms with Crippen molar-refractivity contribution < 1.29 is 19.1 Å². The van der Waals surface area contributed by atoms with Crippen molar-refractivity contribution in [2.24, 2.45) is 5.73 Å². The Balaban J connectivity index is 2.70. The van der Waals surface area contributed by atoms with Gasteiger partial charge in [-0.05, 0) is 45.7 Å². The van der Waals surface area contributed by atoms with Gasteiger partial charge in [-0.15, -0.1) is 0 Å². The van der Waals surface area contributed by atoms with Gasteiger partial charge in [-0.3, -0.25) is 0 Å². The molecule has 7 nitrogen and oxygen atoms in total. The summed E-state index contributed by atoms with van der Waals surface area (Å²) in [5, 5.41) is 1.97. The molecule has 1 heterocycles. The molecule has 0 radical (unpaired) electrons. The summed E-state index contributed by atoms with van der Waals surface area (Å²) in [5.74, 6) is 0.100. The number of rotatable bonds is 2. The summed E-state index contributed by atoms with van der Waals surface area (Å²) in [6, 6.07) is 1.59. The third kappa shape index (κ3) is 5.39. The summed E-state index contributed by atoms with van der Waals surface area (Å²) in [5.41, 5.74) is 7.35. The first-order chi connectivity index (χ1) is 9.62. The van der Waals surface area contributed by atoms with E-state index in [-0.39, 0.29) is 5.88 Å². The summed E-state index contributed by atoms with van der Waals surface area (Å²) in [7, 11) is 0. The van der Waals surface area contributed by atoms with Crippen molar-refractivity contribution in [1.29, 1.82) is 0 Å². The van der Waals surface area contributed by atoms with Gasteiger partial charge in [0.1, 0.15) is 5.60 Å². The number of alkyl carbamates (subject to hydrolysis) is 1. The Hall–Kier alpha value is -2.15. The van der Waals surface area contributed by atoms with Crippen LogP contribution in [0.3, 0.4) is 0 Å². The molecule has 0 saturated heterocycles. The number of carbonyl (C=O) groups excluding carboxylic acids is 2. The number of imide groups is 1. The SMILES string of the molecule is Cc1cc(OC(=O)NC(=O)OC(C)(C)C)nc(C)c1CN. The number of hydrogen-bond donors (Lipinski definition) is 2. The lowest BCUT2D eigenvalue weighted by Crippen LogP contribution is -2.38. The molecule has 0 atom stereocenters. The molecule has 0 aliphatic rings. The highest BCUT2D eigenvalue weighted by molar-refractivity contribution is 5.88. The number of nitrogens with one attached hydrogen (secondary N) is 1. The molecule has 7 heteroatoms. The topological polar surface area (TPSA) is 104 Å². The van der Waals surface area contributed by atoms with Gasteiger partial charge in [0.2, 0.25) is 5.88 Å². The molecular formula is C14H21N3O4. The molecule has 21 heavy (non-hydrogen) atoms. The smallest absolute Gasteiger partial charge is 0.423 e. The van der Waals surface area contributed by atoms with Crippen LogP contribution >= 0.6 is 0 Å². The molecule has 0 aromatic carbocycles. The largest absolute Gasteiger partial charge is 0.443 e. The maximum absolute atomic E-state index is 11.6. The van der Waals surface area contributed by atoms with Crippen LogP contribution < -0.4 is 15.8 Å². The fraction of sp³-hybridized carbons (Fsp3) is 0.500. The van der Waals surface area contributed by atoms with Crippen LogP contribution in [-0.2, 0) is 11.3 Å². The summed E-state index contributed by atoms with van der Waals surface area (Å²) in [6.45, 7) is 9.05. The number of hydrogen-bond acceptors (Lipinski definition) is 6. The molecule has 0 aliphatic heterocycles. The Bertz CT molecular complexity index is 527. The number of ether oxygens (including phenoxy) is 2. The molecule has 0 unspecified atom stereocenters. The highest BCUT2D eigenvalue weighted by Gasteiger charge is 2.19. The van der Waals surface area contributed by atoms with E-state index in [1.165, 1.54) is 0 Å². The molecule has 0 aliphatic carbocycles. The maximum atomic E-state index is 11.6. The summed E-state index contributed by atoms with van der Waals surface area (Å²) < 4.78 is 9.90. The third-order valence-electron chi connectivity index (χ3n) is 2.54. The van der Waals surface area contributed by atoms with E-state index in [1.54, 1.807) is 33.8 Å². The molecule has 3 N–H and O–H groups in total. The van der Waals surface area contributed by atoms with E-state index in [0.29, 0.717) is 12.2 Å². The summed E-state index contributed by atoms with van der Waals surface area (Å²) in [4.78, 5) is 27.1. The minimum absolute atomic E-state index is 0.100. The fourth-order valence-electron chi connectivity index (χ4n) is 1.69. The lowest BCUT2D eigenvalue weighted by atomic mass is 10.1. The Morgan fingerprint density at radius 3 is 2.38 bits per heavy atom. The average Bonchev–Trinajstić information content (AvgIpc) is 2.24. The molecule has 2 amide bonds. The van der Waals surface area contributed by atoms with Crippen molar-refractivity contribution in [1.82, 2.24) is 10.3 Å². The van der Waals surface area contributed by atoms with Gasteiger partial charge in [0.25, 0.3) is 0 Å². The van der Waals surface area contributed by atoms with Gasteiger partial charge >= 0.3 is 12.2 Å². The van der Waals surface area contributed by atoms with Crippen LogP contribution in [0.2, 0.25) is 0 Å². The van der Waals surface area contributed by atoms with E-state index < -0.39 is 17.8 Å². The molecular weight excluding hydrogens is 274 g/mol. The van der Waals surface area contributed by atoms with Crippen molar-refractivity contribution in [2.75, 3.05) is 0 Å². The van der Waals surface area contributed by atoms with Crippen LogP contribution in [0.25, 0.3) is 0 Å². The number of nitrogens with two attached hydrogens (primary N) is 1. The molecule has 0 saturated carbocycles. The normalized spacial score (nSPS) is 11.0. The number of amides is 2. The van der Waals surface area contributed by atoms with Crippen LogP contribution in [0.1, 0.15) is 37.6 Å². The van der Waals surface area contributed by atoms with E-state index in [4.69, 9.17) is 15.2 Å². The second-order valence-corrected chi connectivity index (χ2v) is 5.56. The second kappa shape index (κ2) is 6.53. The van der Waals surface area contributed by atoms with Gasteiger partial charge in [-0.25, -0.2) is 19.9 Å². The first kappa shape index (κ1) is 16.9. The van der Waals surface area contributed by atoms with E-state index in [1.807, 2.05) is 12.2 Å². The van der Waals surface area contributed by atoms with Gasteiger partial charge in [0.05, 0.1) is 0 Å². The Kier molecular flexibility index (Phi) is 5.26. The Morgan fingerprint density at radius 1 is 1.29 bits per heavy atom. The highest BCUT2D eigenvalue weighted by atomic mass is 16.6. The van der Waals surface area contributed by atoms with E-state index in [9.17, 15) is 9.59 Å². The lowest BCUT2D eigenvalue weighted by Gasteiger charge is -2.19. The van der Waals surface area contributed by atoms with Gasteiger partial charge in [-0.1, -0.05) is 0 Å². The third-order valence-corrected chi connectivity index (χ3v) is 2.54. The zero-order chi connectivity index (χ0) is 16.2. The second-order valence-electron chi connectivity index (χ2n) is 5.56. The average molecular weight is 295 g/mol. The molecule has 1 aromatic heterocycles. The number of pyridine rings is 1. The zero-order valence-corrected chi connectivity index (χ0v) is 12.9. The van der Waals surface area contributed by atoms with Crippen molar-refractivity contribution in [3.05, 3.63) is 22.9 Å². The van der Waals surface area contributed by atoms with Gasteiger partial charge < -0.3 is 15.2 Å². The molecule has 0 spiro atoms. The number of nitrogens with zero attached hydrogens (tertiary/aromatic N) is 1. The Labute approximate surface area is 123 Å². The zero-order valence-electron chi connectivity index (χ0n) is 12.9. The number of aromatic nitrogens is 1. The van der Waals surface area contributed by atoms with Crippen LogP contribution in [-0.4, -0.2) is 22.8 Å². The minimum atomic E-state index is -0.948. The fourth-order valence-corrected chi connectivity index (χ4v) is 1.69. The van der Waals surface area contributed by atoms with Crippen LogP contribution in [0.5, 0.6) is 5.88 Å². The summed E-state index contributed by atoms with van der Waals surface area (Å²) >= 11 is 0.